The van der Waals surface area contributed by atoms with E-state index in [-0.39, 0.29) is 18.9 Å². The van der Waals surface area contributed by atoms with Crippen molar-refractivity contribution < 1.29 is 21.9 Å². The van der Waals surface area contributed by atoms with Crippen molar-refractivity contribution in [1.29, 1.82) is 0 Å². The van der Waals surface area contributed by atoms with Gasteiger partial charge in [0, 0.05) is 11.5 Å². The van der Waals surface area contributed by atoms with Gasteiger partial charge in [-0.3, -0.25) is 0 Å². The van der Waals surface area contributed by atoms with Gasteiger partial charge in [0.05, 0.1) is 6.54 Å². The molecule has 130 valence electrons. The van der Waals surface area contributed by atoms with Crippen LogP contribution >= 0.6 is 0 Å². The molecule has 2 aromatic rings. The van der Waals surface area contributed by atoms with Gasteiger partial charge in [-0.15, -0.1) is 0 Å². The normalized spacial score (nSPS) is 11.1. The maximum atomic E-state index is 13.3. The van der Waals surface area contributed by atoms with E-state index in [1.165, 1.54) is 6.08 Å². The third-order valence-corrected chi connectivity index (χ3v) is 3.96. The highest BCUT2D eigenvalue weighted by Gasteiger charge is 2.04. The lowest BCUT2D eigenvalue weighted by Crippen LogP contribution is -2.21. The fourth-order valence-corrected chi connectivity index (χ4v) is 2.44. The second-order valence-electron chi connectivity index (χ2n) is 4.80. The van der Waals surface area contributed by atoms with E-state index in [0.29, 0.717) is 6.07 Å². The zero-order valence-corrected chi connectivity index (χ0v) is 13.9. The monoisotopic (exact) mass is 363 g/mol. The van der Waals surface area contributed by atoms with Gasteiger partial charge in [0.25, 0.3) is 0 Å². The number of rotatable bonds is 6. The van der Waals surface area contributed by atoms with Crippen LogP contribution in [0.25, 0.3) is 6.08 Å². The van der Waals surface area contributed by atoms with E-state index in [4.69, 9.17) is 4.74 Å². The van der Waals surface area contributed by atoms with Gasteiger partial charge in [-0.05, 0) is 23.8 Å². The first-order chi connectivity index (χ1) is 12.0. The Bertz CT molecular complexity index is 901. The van der Waals surface area contributed by atoms with Crippen LogP contribution in [0.15, 0.2) is 53.9 Å². The number of hydrogen-bond donors (Lipinski definition) is 1. The molecule has 0 saturated carbocycles. The molecule has 2 aromatic carbocycles. The van der Waals surface area contributed by atoms with Crippen LogP contribution in [0.2, 0.25) is 0 Å². The van der Waals surface area contributed by atoms with Crippen LogP contribution in [0.5, 0.6) is 5.75 Å². The van der Waals surface area contributed by atoms with Gasteiger partial charge in [0.2, 0.25) is 10.0 Å². The van der Waals surface area contributed by atoms with E-state index in [0.717, 1.165) is 23.1 Å². The quantitative estimate of drug-likeness (QED) is 0.803. The predicted octanol–water partition coefficient (Wildman–Crippen LogP) is 2.94. The van der Waals surface area contributed by atoms with Gasteiger partial charge in [-0.2, -0.15) is 4.72 Å². The fraction of sp³-hybridized carbons (Fsp3) is 0.111. The molecule has 1 N–H and O–H groups in total. The average Bonchev–Trinajstić information content (AvgIpc) is 2.59. The van der Waals surface area contributed by atoms with Crippen molar-refractivity contribution in [3.8, 4) is 17.6 Å². The number of halogens is 2. The van der Waals surface area contributed by atoms with Gasteiger partial charge in [-0.25, -0.2) is 17.2 Å². The third kappa shape index (κ3) is 6.75. The summed E-state index contributed by atoms with van der Waals surface area (Å²) in [6.07, 6.45) is 1.47. The Morgan fingerprint density at radius 3 is 2.56 bits per heavy atom. The topological polar surface area (TPSA) is 55.4 Å². The molecule has 0 atom stereocenters. The summed E-state index contributed by atoms with van der Waals surface area (Å²) in [6, 6.07) is 11.9. The highest BCUT2D eigenvalue weighted by Crippen LogP contribution is 2.17. The van der Waals surface area contributed by atoms with E-state index in [1.54, 1.807) is 24.3 Å². The van der Waals surface area contributed by atoms with Gasteiger partial charge in [-0.1, -0.05) is 42.2 Å². The standard InChI is InChI=1S/C18H15F2NO3S/c19-16-8-9-18(17(20)14-16)24-12-5-4-11-21-25(22,23)13-10-15-6-2-1-3-7-15/h1-3,6-10,13-14,21H,11-12H2/b13-10+. The minimum absolute atomic E-state index is 0.114. The van der Waals surface area contributed by atoms with E-state index in [9.17, 15) is 17.2 Å². The molecular formula is C18H15F2NO3S. The average molecular weight is 363 g/mol. The first-order valence-electron chi connectivity index (χ1n) is 7.23. The van der Waals surface area contributed by atoms with Crippen molar-refractivity contribution in [1.82, 2.24) is 4.72 Å². The molecule has 7 heteroatoms. The fourth-order valence-electron chi connectivity index (χ4n) is 1.74. The zero-order chi connectivity index (χ0) is 18.1. The molecule has 25 heavy (non-hydrogen) atoms. The Labute approximate surface area is 145 Å². The van der Waals surface area contributed by atoms with E-state index in [2.05, 4.69) is 16.6 Å². The third-order valence-electron chi connectivity index (χ3n) is 2.92. The molecule has 0 unspecified atom stereocenters. The van der Waals surface area contributed by atoms with Crippen LogP contribution in [-0.2, 0) is 10.0 Å². The highest BCUT2D eigenvalue weighted by molar-refractivity contribution is 7.92. The van der Waals surface area contributed by atoms with Crippen molar-refractivity contribution in [2.24, 2.45) is 0 Å². The number of ether oxygens (including phenoxy) is 1. The number of hydrogen-bond acceptors (Lipinski definition) is 3. The molecule has 0 aliphatic carbocycles. The van der Waals surface area contributed by atoms with Crippen LogP contribution in [0.1, 0.15) is 5.56 Å². The van der Waals surface area contributed by atoms with Crippen molar-refractivity contribution >= 4 is 16.1 Å². The summed E-state index contributed by atoms with van der Waals surface area (Å²) in [6.45, 7) is -0.263. The Hall–Kier alpha value is -2.69. The molecular weight excluding hydrogens is 348 g/mol. The number of benzene rings is 2. The van der Waals surface area contributed by atoms with Crippen LogP contribution in [-0.4, -0.2) is 21.6 Å². The lowest BCUT2D eigenvalue weighted by molar-refractivity contribution is 0.346. The van der Waals surface area contributed by atoms with Gasteiger partial charge < -0.3 is 4.74 Å². The van der Waals surface area contributed by atoms with E-state index in [1.807, 2.05) is 6.07 Å². The Balaban J connectivity index is 1.78. The predicted molar refractivity (Wildman–Crippen MR) is 92.0 cm³/mol. The molecule has 0 saturated heterocycles. The number of nitrogens with one attached hydrogen (secondary N) is 1. The van der Waals surface area contributed by atoms with Crippen LogP contribution in [0, 0.1) is 23.5 Å². The van der Waals surface area contributed by atoms with Crippen LogP contribution < -0.4 is 9.46 Å². The molecule has 0 bridgehead atoms. The summed E-state index contributed by atoms with van der Waals surface area (Å²) in [7, 11) is -3.61. The first kappa shape index (κ1) is 18.6. The maximum Gasteiger partial charge on any atom is 0.234 e. The molecule has 4 nitrogen and oxygen atoms in total. The summed E-state index contributed by atoms with van der Waals surface area (Å²) in [4.78, 5) is 0. The Kier molecular flexibility index (Phi) is 6.69. The summed E-state index contributed by atoms with van der Waals surface area (Å²) in [5.41, 5.74) is 0.758. The highest BCUT2D eigenvalue weighted by atomic mass is 32.2. The van der Waals surface area contributed by atoms with Crippen molar-refractivity contribution in [2.45, 2.75) is 0 Å². The van der Waals surface area contributed by atoms with Crippen molar-refractivity contribution in [3.63, 3.8) is 0 Å². The van der Waals surface area contributed by atoms with Gasteiger partial charge >= 0.3 is 0 Å². The van der Waals surface area contributed by atoms with Crippen molar-refractivity contribution in [2.75, 3.05) is 13.2 Å². The molecule has 0 fully saturated rings. The lowest BCUT2D eigenvalue weighted by Gasteiger charge is -2.02. The second-order valence-corrected chi connectivity index (χ2v) is 6.45. The molecule has 0 spiro atoms. The molecule has 0 amide bonds. The summed E-state index contributed by atoms with van der Waals surface area (Å²) >= 11 is 0. The Morgan fingerprint density at radius 2 is 1.84 bits per heavy atom. The van der Waals surface area contributed by atoms with Gasteiger partial charge in [0.15, 0.2) is 11.6 Å². The molecule has 0 aliphatic heterocycles. The molecule has 0 aliphatic rings. The first-order valence-corrected chi connectivity index (χ1v) is 8.77. The molecule has 2 rings (SSSR count). The van der Waals surface area contributed by atoms with Crippen LogP contribution in [0.3, 0.4) is 0 Å². The summed E-state index contributed by atoms with van der Waals surface area (Å²) < 4.78 is 56.8. The van der Waals surface area contributed by atoms with E-state index < -0.39 is 21.7 Å². The molecule has 0 aromatic heterocycles. The van der Waals surface area contributed by atoms with Crippen molar-refractivity contribution in [3.05, 3.63) is 71.1 Å². The minimum atomic E-state index is -3.61. The summed E-state index contributed by atoms with van der Waals surface area (Å²) in [5.74, 6) is 3.43. The minimum Gasteiger partial charge on any atom is -0.478 e. The smallest absolute Gasteiger partial charge is 0.234 e. The van der Waals surface area contributed by atoms with Crippen LogP contribution in [0.4, 0.5) is 8.78 Å². The second kappa shape index (κ2) is 8.97. The lowest BCUT2D eigenvalue weighted by atomic mass is 10.2. The molecule has 0 heterocycles. The maximum absolute atomic E-state index is 13.3. The largest absolute Gasteiger partial charge is 0.478 e. The molecule has 0 radical (unpaired) electrons. The SMILES string of the molecule is O=S(=O)(/C=C/c1ccccc1)NCC#CCOc1ccc(F)cc1F. The van der Waals surface area contributed by atoms with E-state index >= 15 is 0 Å². The zero-order valence-electron chi connectivity index (χ0n) is 13.1. The summed E-state index contributed by atoms with van der Waals surface area (Å²) in [5, 5.41) is 1.05. The number of sulfonamides is 1. The van der Waals surface area contributed by atoms with Gasteiger partial charge in [0.1, 0.15) is 12.4 Å². The Morgan fingerprint density at radius 1 is 1.08 bits per heavy atom.